The average Bonchev–Trinajstić information content (AvgIpc) is 3.02. The first-order valence-electron chi connectivity index (χ1n) is 6.78. The molecule has 3 rings (SSSR count). The molecule has 0 radical (unpaired) electrons. The van der Waals surface area contributed by atoms with Crippen LogP contribution in [0.4, 0.5) is 0 Å². The third kappa shape index (κ3) is 2.96. The van der Waals surface area contributed by atoms with Crippen molar-refractivity contribution in [2.45, 2.75) is 13.5 Å². The van der Waals surface area contributed by atoms with Crippen LogP contribution in [0, 0.1) is 18.3 Å². The highest BCUT2D eigenvalue weighted by atomic mass is 16.5. The van der Waals surface area contributed by atoms with Crippen LogP contribution in [0.5, 0.6) is 5.75 Å². The van der Waals surface area contributed by atoms with Crippen molar-refractivity contribution < 1.29 is 9.26 Å². The molecule has 0 saturated carbocycles. The normalized spacial score (nSPS) is 10.2. The summed E-state index contributed by atoms with van der Waals surface area (Å²) < 4.78 is 10.8. The maximum absolute atomic E-state index is 8.75. The Balaban J connectivity index is 1.69. The second-order valence-electron chi connectivity index (χ2n) is 4.75. The van der Waals surface area contributed by atoms with Gasteiger partial charge in [-0.2, -0.15) is 10.2 Å². The predicted octanol–water partition coefficient (Wildman–Crippen LogP) is 3.50. The molecule has 0 unspecified atom stereocenters. The molecule has 0 bridgehead atoms. The van der Waals surface area contributed by atoms with Gasteiger partial charge >= 0.3 is 0 Å². The molecule has 5 heteroatoms. The molecule has 0 atom stereocenters. The average molecular weight is 291 g/mol. The van der Waals surface area contributed by atoms with Crippen molar-refractivity contribution in [2.75, 3.05) is 0 Å². The molecule has 2 aromatic carbocycles. The monoisotopic (exact) mass is 291 g/mol. The van der Waals surface area contributed by atoms with Gasteiger partial charge in [0.1, 0.15) is 5.75 Å². The van der Waals surface area contributed by atoms with Crippen LogP contribution >= 0.6 is 0 Å². The van der Waals surface area contributed by atoms with E-state index in [1.807, 2.05) is 31.2 Å². The van der Waals surface area contributed by atoms with Gasteiger partial charge in [-0.15, -0.1) is 0 Å². The van der Waals surface area contributed by atoms with Gasteiger partial charge in [-0.05, 0) is 36.8 Å². The summed E-state index contributed by atoms with van der Waals surface area (Å²) in [5, 5.41) is 12.7. The van der Waals surface area contributed by atoms with Crippen LogP contribution < -0.4 is 4.74 Å². The summed E-state index contributed by atoms with van der Waals surface area (Å²) in [4.78, 5) is 4.33. The van der Waals surface area contributed by atoms with E-state index in [-0.39, 0.29) is 6.61 Å². The van der Waals surface area contributed by atoms with Gasteiger partial charge in [0, 0.05) is 5.56 Å². The molecule has 1 heterocycles. The van der Waals surface area contributed by atoms with Crippen molar-refractivity contribution in [3.63, 3.8) is 0 Å². The van der Waals surface area contributed by atoms with Crippen LogP contribution in [0.3, 0.4) is 0 Å². The van der Waals surface area contributed by atoms with Gasteiger partial charge < -0.3 is 9.26 Å². The molecule has 0 fully saturated rings. The van der Waals surface area contributed by atoms with E-state index in [2.05, 4.69) is 16.2 Å². The van der Waals surface area contributed by atoms with Crippen LogP contribution in [0.1, 0.15) is 17.0 Å². The lowest BCUT2D eigenvalue weighted by molar-refractivity contribution is 0.243. The zero-order valence-electron chi connectivity index (χ0n) is 12.0. The lowest BCUT2D eigenvalue weighted by Crippen LogP contribution is -1.95. The Morgan fingerprint density at radius 1 is 1.14 bits per heavy atom. The van der Waals surface area contributed by atoms with Crippen molar-refractivity contribution in [3.05, 3.63) is 65.5 Å². The fraction of sp³-hybridized carbons (Fsp3) is 0.118. The minimum atomic E-state index is 0.185. The SMILES string of the molecule is Cc1ccccc1-c1noc(COc2ccc(C#N)cc2)n1. The summed E-state index contributed by atoms with van der Waals surface area (Å²) in [7, 11) is 0. The third-order valence-electron chi connectivity index (χ3n) is 3.20. The molecule has 0 saturated heterocycles. The van der Waals surface area contributed by atoms with Crippen LogP contribution in [0.2, 0.25) is 0 Å². The summed E-state index contributed by atoms with van der Waals surface area (Å²) in [5.41, 5.74) is 2.62. The van der Waals surface area contributed by atoms with Crippen LogP contribution in [-0.4, -0.2) is 10.1 Å². The largest absolute Gasteiger partial charge is 0.484 e. The smallest absolute Gasteiger partial charge is 0.264 e. The molecule has 108 valence electrons. The van der Waals surface area contributed by atoms with E-state index in [1.165, 1.54) is 0 Å². The number of nitrogens with zero attached hydrogens (tertiary/aromatic N) is 3. The molecule has 5 nitrogen and oxygen atoms in total. The predicted molar refractivity (Wildman–Crippen MR) is 80.0 cm³/mol. The summed E-state index contributed by atoms with van der Waals surface area (Å²) in [6, 6.07) is 16.8. The van der Waals surface area contributed by atoms with Crippen LogP contribution in [0.15, 0.2) is 53.1 Å². The number of aromatic nitrogens is 2. The molecular weight excluding hydrogens is 278 g/mol. The molecule has 22 heavy (non-hydrogen) atoms. The molecular formula is C17H13N3O2. The number of hydrogen-bond donors (Lipinski definition) is 0. The maximum Gasteiger partial charge on any atom is 0.264 e. The van der Waals surface area contributed by atoms with Gasteiger partial charge in [-0.1, -0.05) is 29.4 Å². The Morgan fingerprint density at radius 3 is 2.64 bits per heavy atom. The minimum Gasteiger partial charge on any atom is -0.484 e. The summed E-state index contributed by atoms with van der Waals surface area (Å²) in [6.07, 6.45) is 0. The lowest BCUT2D eigenvalue weighted by atomic mass is 10.1. The maximum atomic E-state index is 8.75. The van der Waals surface area contributed by atoms with E-state index in [4.69, 9.17) is 14.5 Å². The molecule has 0 spiro atoms. The Bertz CT molecular complexity index is 816. The number of hydrogen-bond acceptors (Lipinski definition) is 5. The van der Waals surface area contributed by atoms with Gasteiger partial charge in [-0.25, -0.2) is 0 Å². The van der Waals surface area contributed by atoms with E-state index in [9.17, 15) is 0 Å². The molecule has 3 aromatic rings. The first-order valence-corrected chi connectivity index (χ1v) is 6.78. The highest BCUT2D eigenvalue weighted by Crippen LogP contribution is 2.20. The Morgan fingerprint density at radius 2 is 1.91 bits per heavy atom. The molecule has 1 aromatic heterocycles. The van der Waals surface area contributed by atoms with Gasteiger partial charge in [0.05, 0.1) is 11.6 Å². The quantitative estimate of drug-likeness (QED) is 0.735. The van der Waals surface area contributed by atoms with Gasteiger partial charge in [0.25, 0.3) is 5.89 Å². The molecule has 0 amide bonds. The zero-order chi connectivity index (χ0) is 15.4. The molecule has 0 aliphatic carbocycles. The van der Waals surface area contributed by atoms with Gasteiger partial charge in [0.2, 0.25) is 5.82 Å². The first-order chi connectivity index (χ1) is 10.8. The zero-order valence-corrected chi connectivity index (χ0v) is 12.0. The Kier molecular flexibility index (Phi) is 3.84. The van der Waals surface area contributed by atoms with E-state index < -0.39 is 0 Å². The van der Waals surface area contributed by atoms with Crippen LogP contribution in [0.25, 0.3) is 11.4 Å². The highest BCUT2D eigenvalue weighted by Gasteiger charge is 2.10. The van der Waals surface area contributed by atoms with Gasteiger partial charge in [-0.3, -0.25) is 0 Å². The van der Waals surface area contributed by atoms with Gasteiger partial charge in [0.15, 0.2) is 6.61 Å². The molecule has 0 aliphatic rings. The minimum absolute atomic E-state index is 0.185. The number of nitriles is 1. The van der Waals surface area contributed by atoms with E-state index in [0.717, 1.165) is 11.1 Å². The van der Waals surface area contributed by atoms with Crippen molar-refractivity contribution in [1.82, 2.24) is 10.1 Å². The number of aryl methyl sites for hydroxylation is 1. The van der Waals surface area contributed by atoms with E-state index >= 15 is 0 Å². The number of ether oxygens (including phenoxy) is 1. The first kappa shape index (κ1) is 13.8. The van der Waals surface area contributed by atoms with Crippen LogP contribution in [-0.2, 0) is 6.61 Å². The molecule has 0 N–H and O–H groups in total. The lowest BCUT2D eigenvalue weighted by Gasteiger charge is -2.02. The number of rotatable bonds is 4. The Hall–Kier alpha value is -3.13. The summed E-state index contributed by atoms with van der Waals surface area (Å²) in [6.45, 7) is 2.18. The standard InChI is InChI=1S/C17H13N3O2/c1-12-4-2-3-5-15(12)17-19-16(22-20-17)11-21-14-8-6-13(10-18)7-9-14/h2-9H,11H2,1H3. The summed E-state index contributed by atoms with van der Waals surface area (Å²) in [5.74, 6) is 1.61. The fourth-order valence-corrected chi connectivity index (χ4v) is 2.02. The molecule has 0 aliphatic heterocycles. The van der Waals surface area contributed by atoms with E-state index in [1.54, 1.807) is 24.3 Å². The number of benzene rings is 2. The van der Waals surface area contributed by atoms with Crippen molar-refractivity contribution in [2.24, 2.45) is 0 Å². The van der Waals surface area contributed by atoms with Crippen molar-refractivity contribution in [3.8, 4) is 23.2 Å². The van der Waals surface area contributed by atoms with E-state index in [0.29, 0.717) is 23.0 Å². The second kappa shape index (κ2) is 6.10. The third-order valence-corrected chi connectivity index (χ3v) is 3.20. The Labute approximate surface area is 127 Å². The van der Waals surface area contributed by atoms with Crippen molar-refractivity contribution >= 4 is 0 Å². The second-order valence-corrected chi connectivity index (χ2v) is 4.75. The summed E-state index contributed by atoms with van der Waals surface area (Å²) >= 11 is 0. The highest BCUT2D eigenvalue weighted by molar-refractivity contribution is 5.58. The van der Waals surface area contributed by atoms with Crippen molar-refractivity contribution in [1.29, 1.82) is 5.26 Å². The topological polar surface area (TPSA) is 71.9 Å². The fourth-order valence-electron chi connectivity index (χ4n) is 2.02.